The van der Waals surface area contributed by atoms with Crippen molar-refractivity contribution in [2.75, 3.05) is 25.0 Å². The van der Waals surface area contributed by atoms with Gasteiger partial charge < -0.3 is 10.2 Å². The summed E-state index contributed by atoms with van der Waals surface area (Å²) in [5.41, 5.74) is 0. The summed E-state index contributed by atoms with van der Waals surface area (Å²) in [7, 11) is 0. The van der Waals surface area contributed by atoms with E-state index in [1.165, 1.54) is 25.9 Å². The molecular weight excluding hydrogens is 248 g/mol. The minimum Gasteiger partial charge on any atom is -0.366 e. The number of likely N-dealkylation sites (tertiary alicyclic amines) is 1. The third-order valence-electron chi connectivity index (χ3n) is 3.18. The molecule has 1 fully saturated rings. The SMILES string of the molecule is CCc1nc(Cl)cc(NC(C)CN2CCCC2)n1. The summed E-state index contributed by atoms with van der Waals surface area (Å²) < 4.78 is 0. The van der Waals surface area contributed by atoms with Gasteiger partial charge in [0.15, 0.2) is 0 Å². The molecule has 1 saturated heterocycles. The Morgan fingerprint density at radius 1 is 1.39 bits per heavy atom. The van der Waals surface area contributed by atoms with E-state index in [2.05, 4.69) is 27.1 Å². The highest BCUT2D eigenvalue weighted by atomic mass is 35.5. The quantitative estimate of drug-likeness (QED) is 0.834. The van der Waals surface area contributed by atoms with Gasteiger partial charge in [-0.15, -0.1) is 0 Å². The molecule has 0 amide bonds. The van der Waals surface area contributed by atoms with Gasteiger partial charge in [-0.2, -0.15) is 0 Å². The van der Waals surface area contributed by atoms with Crippen LogP contribution in [-0.4, -0.2) is 40.5 Å². The molecule has 0 radical (unpaired) electrons. The van der Waals surface area contributed by atoms with Gasteiger partial charge in [-0.25, -0.2) is 9.97 Å². The minimum absolute atomic E-state index is 0.374. The van der Waals surface area contributed by atoms with Crippen molar-refractivity contribution in [3.8, 4) is 0 Å². The first-order valence-electron chi connectivity index (χ1n) is 6.69. The molecule has 1 atom stereocenters. The second-order valence-electron chi connectivity index (χ2n) is 4.90. The highest BCUT2D eigenvalue weighted by molar-refractivity contribution is 6.29. The average Bonchev–Trinajstić information content (AvgIpc) is 2.80. The van der Waals surface area contributed by atoms with E-state index in [9.17, 15) is 0 Å². The fourth-order valence-electron chi connectivity index (χ4n) is 2.35. The van der Waals surface area contributed by atoms with Crippen LogP contribution in [-0.2, 0) is 6.42 Å². The van der Waals surface area contributed by atoms with Crippen molar-refractivity contribution in [1.29, 1.82) is 0 Å². The first-order valence-corrected chi connectivity index (χ1v) is 7.07. The Bertz CT molecular complexity index is 391. The molecule has 18 heavy (non-hydrogen) atoms. The molecular formula is C13H21ClN4. The number of aromatic nitrogens is 2. The molecule has 1 aromatic rings. The summed E-state index contributed by atoms with van der Waals surface area (Å²) in [4.78, 5) is 11.1. The van der Waals surface area contributed by atoms with Crippen molar-refractivity contribution in [3.63, 3.8) is 0 Å². The molecule has 0 aliphatic carbocycles. The van der Waals surface area contributed by atoms with Crippen LogP contribution in [0, 0.1) is 0 Å². The number of nitrogens with one attached hydrogen (secondary N) is 1. The van der Waals surface area contributed by atoms with E-state index in [1.807, 2.05) is 6.92 Å². The van der Waals surface area contributed by atoms with Gasteiger partial charge in [-0.1, -0.05) is 18.5 Å². The van der Waals surface area contributed by atoms with Crippen LogP contribution < -0.4 is 5.32 Å². The first-order chi connectivity index (χ1) is 8.67. The molecule has 0 spiro atoms. The Labute approximate surface area is 114 Å². The van der Waals surface area contributed by atoms with Crippen LogP contribution in [0.1, 0.15) is 32.5 Å². The van der Waals surface area contributed by atoms with Crippen molar-refractivity contribution in [2.24, 2.45) is 0 Å². The molecule has 1 N–H and O–H groups in total. The van der Waals surface area contributed by atoms with E-state index in [-0.39, 0.29) is 0 Å². The Hall–Kier alpha value is -0.870. The second-order valence-corrected chi connectivity index (χ2v) is 5.29. The lowest BCUT2D eigenvalue weighted by molar-refractivity contribution is 0.327. The molecule has 2 heterocycles. The van der Waals surface area contributed by atoms with Crippen LogP contribution in [0.4, 0.5) is 5.82 Å². The van der Waals surface area contributed by atoms with Crippen LogP contribution in [0.25, 0.3) is 0 Å². The maximum Gasteiger partial charge on any atom is 0.134 e. The monoisotopic (exact) mass is 268 g/mol. The van der Waals surface area contributed by atoms with E-state index < -0.39 is 0 Å². The molecule has 100 valence electrons. The van der Waals surface area contributed by atoms with E-state index in [0.29, 0.717) is 11.2 Å². The Morgan fingerprint density at radius 2 is 2.11 bits per heavy atom. The van der Waals surface area contributed by atoms with Crippen molar-refractivity contribution in [2.45, 2.75) is 39.2 Å². The van der Waals surface area contributed by atoms with Crippen molar-refractivity contribution >= 4 is 17.4 Å². The van der Waals surface area contributed by atoms with Crippen molar-refractivity contribution < 1.29 is 0 Å². The van der Waals surface area contributed by atoms with Gasteiger partial charge in [0.1, 0.15) is 16.8 Å². The lowest BCUT2D eigenvalue weighted by Gasteiger charge is -2.21. The lowest BCUT2D eigenvalue weighted by atomic mass is 10.3. The van der Waals surface area contributed by atoms with Crippen LogP contribution in [0.15, 0.2) is 6.07 Å². The molecule has 4 nitrogen and oxygen atoms in total. The largest absolute Gasteiger partial charge is 0.366 e. The summed E-state index contributed by atoms with van der Waals surface area (Å²) >= 11 is 5.98. The molecule has 5 heteroatoms. The zero-order chi connectivity index (χ0) is 13.0. The number of hydrogen-bond acceptors (Lipinski definition) is 4. The molecule has 1 aromatic heterocycles. The fraction of sp³-hybridized carbons (Fsp3) is 0.692. The van der Waals surface area contributed by atoms with Gasteiger partial charge in [0.05, 0.1) is 0 Å². The van der Waals surface area contributed by atoms with Gasteiger partial charge >= 0.3 is 0 Å². The van der Waals surface area contributed by atoms with Crippen LogP contribution in [0.3, 0.4) is 0 Å². The topological polar surface area (TPSA) is 41.1 Å². The summed E-state index contributed by atoms with van der Waals surface area (Å²) in [6, 6.07) is 2.17. The summed E-state index contributed by atoms with van der Waals surface area (Å²) in [6.07, 6.45) is 3.45. The fourth-order valence-corrected chi connectivity index (χ4v) is 2.55. The Morgan fingerprint density at radius 3 is 2.78 bits per heavy atom. The number of anilines is 1. The number of hydrogen-bond donors (Lipinski definition) is 1. The van der Waals surface area contributed by atoms with Crippen LogP contribution in [0.2, 0.25) is 5.15 Å². The normalized spacial score (nSPS) is 17.9. The van der Waals surface area contributed by atoms with E-state index in [4.69, 9.17) is 11.6 Å². The van der Waals surface area contributed by atoms with E-state index in [1.54, 1.807) is 6.07 Å². The number of rotatable bonds is 5. The third kappa shape index (κ3) is 3.82. The third-order valence-corrected chi connectivity index (χ3v) is 3.38. The van der Waals surface area contributed by atoms with Gasteiger partial charge in [-0.3, -0.25) is 0 Å². The van der Waals surface area contributed by atoms with Crippen LogP contribution >= 0.6 is 11.6 Å². The summed E-state index contributed by atoms with van der Waals surface area (Å²) in [5, 5.41) is 3.92. The Kier molecular flexibility index (Phi) is 4.78. The van der Waals surface area contributed by atoms with Gasteiger partial charge in [0, 0.05) is 25.1 Å². The lowest BCUT2D eigenvalue weighted by Crippen LogP contribution is -2.33. The average molecular weight is 269 g/mol. The standard InChI is InChI=1S/C13H21ClN4/c1-3-12-16-11(14)8-13(17-12)15-10(2)9-18-6-4-5-7-18/h8,10H,3-7,9H2,1-2H3,(H,15,16,17). The van der Waals surface area contributed by atoms with Crippen LogP contribution in [0.5, 0.6) is 0 Å². The maximum atomic E-state index is 5.98. The van der Waals surface area contributed by atoms with Gasteiger partial charge in [0.25, 0.3) is 0 Å². The van der Waals surface area contributed by atoms with Gasteiger partial charge in [0.2, 0.25) is 0 Å². The molecule has 2 rings (SSSR count). The minimum atomic E-state index is 0.374. The molecule has 1 unspecified atom stereocenters. The van der Waals surface area contributed by atoms with E-state index in [0.717, 1.165) is 24.6 Å². The number of nitrogens with zero attached hydrogens (tertiary/aromatic N) is 3. The molecule has 0 saturated carbocycles. The number of halogens is 1. The van der Waals surface area contributed by atoms with Crippen molar-refractivity contribution in [3.05, 3.63) is 17.0 Å². The predicted molar refractivity (Wildman–Crippen MR) is 75.2 cm³/mol. The molecule has 0 aromatic carbocycles. The second kappa shape index (κ2) is 6.34. The van der Waals surface area contributed by atoms with Crippen molar-refractivity contribution in [1.82, 2.24) is 14.9 Å². The van der Waals surface area contributed by atoms with Gasteiger partial charge in [-0.05, 0) is 32.9 Å². The zero-order valence-corrected chi connectivity index (χ0v) is 11.9. The first kappa shape index (κ1) is 13.6. The summed E-state index contributed by atoms with van der Waals surface area (Å²) in [6.45, 7) is 7.71. The summed E-state index contributed by atoms with van der Waals surface area (Å²) in [5.74, 6) is 1.62. The molecule has 1 aliphatic heterocycles. The predicted octanol–water partition coefficient (Wildman–Crippen LogP) is 2.59. The highest BCUT2D eigenvalue weighted by Gasteiger charge is 2.15. The van der Waals surface area contributed by atoms with E-state index >= 15 is 0 Å². The number of aryl methyl sites for hydroxylation is 1. The smallest absolute Gasteiger partial charge is 0.134 e. The zero-order valence-electron chi connectivity index (χ0n) is 11.1. The molecule has 0 bridgehead atoms. The maximum absolute atomic E-state index is 5.98. The molecule has 1 aliphatic rings. The highest BCUT2D eigenvalue weighted by Crippen LogP contribution is 2.14. The Balaban J connectivity index is 1.93.